The predicted molar refractivity (Wildman–Crippen MR) is 42.9 cm³/mol. The summed E-state index contributed by atoms with van der Waals surface area (Å²) in [5.41, 5.74) is -1.94. The van der Waals surface area contributed by atoms with Crippen molar-refractivity contribution in [2.45, 2.75) is 6.18 Å². The van der Waals surface area contributed by atoms with Crippen molar-refractivity contribution in [1.82, 2.24) is 0 Å². The van der Waals surface area contributed by atoms with Crippen molar-refractivity contribution in [3.63, 3.8) is 0 Å². The minimum absolute atomic E-state index is 0.439. The van der Waals surface area contributed by atoms with Crippen LogP contribution in [0.5, 0.6) is 5.75 Å². The number of phenols is 1. The minimum atomic E-state index is -4.72. The van der Waals surface area contributed by atoms with E-state index in [9.17, 15) is 13.2 Å². The molecule has 0 aliphatic carbocycles. The van der Waals surface area contributed by atoms with Crippen LogP contribution in [-0.4, -0.2) is 22.3 Å². The van der Waals surface area contributed by atoms with Crippen molar-refractivity contribution in [3.8, 4) is 5.75 Å². The lowest BCUT2D eigenvalue weighted by Gasteiger charge is -2.12. The van der Waals surface area contributed by atoms with Crippen LogP contribution in [-0.2, 0) is 6.18 Å². The molecule has 0 spiro atoms. The zero-order valence-electron chi connectivity index (χ0n) is 6.78. The Morgan fingerprint density at radius 1 is 1.14 bits per heavy atom. The van der Waals surface area contributed by atoms with Gasteiger partial charge >= 0.3 is 13.3 Å². The highest BCUT2D eigenvalue weighted by atomic mass is 19.4. The number of hydrogen-bond acceptors (Lipinski definition) is 3. The van der Waals surface area contributed by atoms with Gasteiger partial charge < -0.3 is 15.2 Å². The van der Waals surface area contributed by atoms with E-state index in [-0.39, 0.29) is 0 Å². The number of rotatable bonds is 1. The Balaban J connectivity index is 3.30. The van der Waals surface area contributed by atoms with E-state index in [0.29, 0.717) is 6.07 Å². The topological polar surface area (TPSA) is 60.7 Å². The zero-order valence-corrected chi connectivity index (χ0v) is 6.78. The monoisotopic (exact) mass is 206 g/mol. The summed E-state index contributed by atoms with van der Waals surface area (Å²) in [6.07, 6.45) is -4.72. The molecule has 3 N–H and O–H groups in total. The van der Waals surface area contributed by atoms with Crippen molar-refractivity contribution in [3.05, 3.63) is 23.8 Å². The molecule has 7 heteroatoms. The van der Waals surface area contributed by atoms with Crippen LogP contribution < -0.4 is 5.46 Å². The van der Waals surface area contributed by atoms with Gasteiger partial charge in [0.2, 0.25) is 0 Å². The lowest BCUT2D eigenvalue weighted by molar-refractivity contribution is -0.137. The van der Waals surface area contributed by atoms with Gasteiger partial charge in [0.15, 0.2) is 0 Å². The van der Waals surface area contributed by atoms with Gasteiger partial charge in [-0.25, -0.2) is 0 Å². The van der Waals surface area contributed by atoms with Crippen LogP contribution in [0.2, 0.25) is 0 Å². The molecule has 0 saturated carbocycles. The zero-order chi connectivity index (χ0) is 10.9. The summed E-state index contributed by atoms with van der Waals surface area (Å²) in [7, 11) is -2.22. The van der Waals surface area contributed by atoms with Crippen LogP contribution in [0.25, 0.3) is 0 Å². The maximum atomic E-state index is 12.3. The van der Waals surface area contributed by atoms with E-state index < -0.39 is 30.1 Å². The molecule has 0 amide bonds. The fraction of sp³-hybridized carbons (Fsp3) is 0.143. The molecule has 1 rings (SSSR count). The number of benzene rings is 1. The standard InChI is InChI=1S/C7H6BF3O3/c9-7(10,11)5-3-4(12)1-2-6(5)8(13)14/h1-3,12-14H. The molecule has 0 aliphatic rings. The van der Waals surface area contributed by atoms with E-state index in [4.69, 9.17) is 15.2 Å². The normalized spacial score (nSPS) is 11.5. The van der Waals surface area contributed by atoms with Crippen molar-refractivity contribution in [1.29, 1.82) is 0 Å². The Morgan fingerprint density at radius 2 is 1.71 bits per heavy atom. The van der Waals surface area contributed by atoms with Crippen molar-refractivity contribution in [2.75, 3.05) is 0 Å². The molecule has 0 bridgehead atoms. The third kappa shape index (κ3) is 2.18. The number of halogens is 3. The first-order valence-electron chi connectivity index (χ1n) is 3.58. The molecule has 0 aromatic heterocycles. The predicted octanol–water partition coefficient (Wildman–Crippen LogP) is 0.0908. The van der Waals surface area contributed by atoms with Gasteiger partial charge in [-0.05, 0) is 17.6 Å². The van der Waals surface area contributed by atoms with Gasteiger partial charge in [-0.3, -0.25) is 0 Å². The number of phenolic OH excluding ortho intramolecular Hbond substituents is 1. The highest BCUT2D eigenvalue weighted by Crippen LogP contribution is 2.29. The molecule has 0 saturated heterocycles. The summed E-state index contributed by atoms with van der Waals surface area (Å²) >= 11 is 0. The first-order chi connectivity index (χ1) is 6.32. The van der Waals surface area contributed by atoms with Crippen molar-refractivity contribution < 1.29 is 28.3 Å². The van der Waals surface area contributed by atoms with Gasteiger partial charge in [0.05, 0.1) is 5.56 Å². The van der Waals surface area contributed by atoms with Gasteiger partial charge in [-0.15, -0.1) is 0 Å². The maximum Gasteiger partial charge on any atom is 0.489 e. The lowest BCUT2D eigenvalue weighted by Crippen LogP contribution is -2.35. The van der Waals surface area contributed by atoms with E-state index in [1.165, 1.54) is 0 Å². The van der Waals surface area contributed by atoms with Crippen LogP contribution in [0, 0.1) is 0 Å². The Kier molecular flexibility index (Phi) is 2.72. The van der Waals surface area contributed by atoms with Gasteiger partial charge in [-0.2, -0.15) is 13.2 Å². The minimum Gasteiger partial charge on any atom is -0.508 e. The van der Waals surface area contributed by atoms with Crippen molar-refractivity contribution >= 4 is 12.6 Å². The van der Waals surface area contributed by atoms with E-state index >= 15 is 0 Å². The molecule has 0 heterocycles. The van der Waals surface area contributed by atoms with Crippen LogP contribution in [0.4, 0.5) is 13.2 Å². The molecule has 76 valence electrons. The summed E-state index contributed by atoms with van der Waals surface area (Å²) in [5, 5.41) is 26.1. The molecule has 14 heavy (non-hydrogen) atoms. The average Bonchev–Trinajstić information content (AvgIpc) is 2.01. The molecule has 0 radical (unpaired) electrons. The van der Waals surface area contributed by atoms with Gasteiger partial charge in [-0.1, -0.05) is 6.07 Å². The van der Waals surface area contributed by atoms with E-state index in [2.05, 4.69) is 0 Å². The quantitative estimate of drug-likeness (QED) is 0.570. The fourth-order valence-electron chi connectivity index (χ4n) is 1.01. The van der Waals surface area contributed by atoms with Gasteiger partial charge in [0, 0.05) is 0 Å². The maximum absolute atomic E-state index is 12.3. The second-order valence-electron chi connectivity index (χ2n) is 2.64. The molecule has 0 fully saturated rings. The molecule has 0 aliphatic heterocycles. The summed E-state index contributed by atoms with van der Waals surface area (Å²) in [6.45, 7) is 0. The molecule has 1 aromatic rings. The summed E-state index contributed by atoms with van der Waals surface area (Å²) in [4.78, 5) is 0. The third-order valence-corrected chi connectivity index (χ3v) is 1.62. The Bertz CT molecular complexity index is 337. The second-order valence-corrected chi connectivity index (χ2v) is 2.64. The number of aromatic hydroxyl groups is 1. The largest absolute Gasteiger partial charge is 0.508 e. The average molecular weight is 206 g/mol. The number of alkyl halides is 3. The lowest BCUT2D eigenvalue weighted by atomic mass is 9.77. The molecule has 3 nitrogen and oxygen atoms in total. The first kappa shape index (κ1) is 10.9. The molecular formula is C7H6BF3O3. The molecule has 0 unspecified atom stereocenters. The molecule has 1 aromatic carbocycles. The van der Waals surface area contributed by atoms with Gasteiger partial charge in [0.25, 0.3) is 0 Å². The van der Waals surface area contributed by atoms with Gasteiger partial charge in [0.1, 0.15) is 5.75 Å². The van der Waals surface area contributed by atoms with Crippen LogP contribution in [0.3, 0.4) is 0 Å². The SMILES string of the molecule is OB(O)c1ccc(O)cc1C(F)(F)F. The smallest absolute Gasteiger partial charge is 0.489 e. The molecule has 0 atom stereocenters. The highest BCUT2D eigenvalue weighted by molar-refractivity contribution is 6.59. The highest BCUT2D eigenvalue weighted by Gasteiger charge is 2.36. The second kappa shape index (κ2) is 3.51. The van der Waals surface area contributed by atoms with E-state index in [1.807, 2.05) is 0 Å². The Hall–Kier alpha value is -1.21. The fourth-order valence-corrected chi connectivity index (χ4v) is 1.01. The third-order valence-electron chi connectivity index (χ3n) is 1.62. The van der Waals surface area contributed by atoms with Crippen LogP contribution >= 0.6 is 0 Å². The summed E-state index contributed by atoms with van der Waals surface area (Å²) in [6, 6.07) is 2.20. The Morgan fingerprint density at radius 3 is 2.14 bits per heavy atom. The van der Waals surface area contributed by atoms with E-state index in [0.717, 1.165) is 12.1 Å². The number of hydrogen-bond donors (Lipinski definition) is 3. The van der Waals surface area contributed by atoms with E-state index in [1.54, 1.807) is 0 Å². The Labute approximate surface area is 77.6 Å². The van der Waals surface area contributed by atoms with Crippen LogP contribution in [0.1, 0.15) is 5.56 Å². The van der Waals surface area contributed by atoms with Crippen molar-refractivity contribution in [2.24, 2.45) is 0 Å². The van der Waals surface area contributed by atoms with Crippen LogP contribution in [0.15, 0.2) is 18.2 Å². The first-order valence-corrected chi connectivity index (χ1v) is 3.58. The summed E-state index contributed by atoms with van der Waals surface area (Å²) in [5.74, 6) is -0.582. The summed E-state index contributed by atoms with van der Waals surface area (Å²) < 4.78 is 36.8. The molecular weight excluding hydrogens is 200 g/mol.